The Morgan fingerprint density at radius 1 is 0.971 bits per heavy atom. The number of carbonyl (C=O) groups excluding carboxylic acids is 1. The van der Waals surface area contributed by atoms with Crippen molar-refractivity contribution in [2.75, 3.05) is 18.0 Å². The number of rotatable bonds is 6. The van der Waals surface area contributed by atoms with Crippen LogP contribution < -0.4 is 4.90 Å². The molecule has 6 rings (SSSR count). The van der Waals surface area contributed by atoms with E-state index in [0.29, 0.717) is 17.3 Å². The zero-order valence-corrected chi connectivity index (χ0v) is 20.2. The van der Waals surface area contributed by atoms with Crippen LogP contribution in [0.3, 0.4) is 0 Å². The first-order chi connectivity index (χ1) is 17.2. The van der Waals surface area contributed by atoms with Gasteiger partial charge in [0.1, 0.15) is 17.3 Å². The fraction of sp³-hybridized carbons (Fsp3) is 0.286. The summed E-state index contributed by atoms with van der Waals surface area (Å²) < 4.78 is 0. The molecule has 35 heavy (non-hydrogen) atoms. The molecular formula is C28H26ClN5O. The van der Waals surface area contributed by atoms with Gasteiger partial charge in [-0.3, -0.25) is 4.79 Å². The summed E-state index contributed by atoms with van der Waals surface area (Å²) in [6.07, 6.45) is 7.71. The van der Waals surface area contributed by atoms with Gasteiger partial charge in [-0.15, -0.1) is 0 Å². The number of hydrogen-bond acceptors (Lipinski definition) is 5. The summed E-state index contributed by atoms with van der Waals surface area (Å²) in [6, 6.07) is 18.5. The van der Waals surface area contributed by atoms with Gasteiger partial charge in [-0.05, 0) is 72.7 Å². The molecule has 2 aromatic carbocycles. The second-order valence-electron chi connectivity index (χ2n) is 9.36. The van der Waals surface area contributed by atoms with E-state index in [1.54, 1.807) is 24.7 Å². The first kappa shape index (κ1) is 22.0. The average molecular weight is 484 g/mol. The van der Waals surface area contributed by atoms with Crippen molar-refractivity contribution in [3.05, 3.63) is 83.4 Å². The molecule has 2 aliphatic rings. The molecule has 1 amide bonds. The maximum Gasteiger partial charge on any atom is 0.255 e. The first-order valence-electron chi connectivity index (χ1n) is 12.2. The zero-order valence-electron chi connectivity index (χ0n) is 19.4. The van der Waals surface area contributed by atoms with Crippen molar-refractivity contribution < 1.29 is 4.79 Å². The number of aromatic nitrogens is 3. The number of anilines is 1. The van der Waals surface area contributed by atoms with Gasteiger partial charge in [0, 0.05) is 37.3 Å². The summed E-state index contributed by atoms with van der Waals surface area (Å²) in [5.74, 6) is 1.02. The van der Waals surface area contributed by atoms with Gasteiger partial charge in [0.2, 0.25) is 0 Å². The molecule has 0 N–H and O–H groups in total. The molecule has 6 nitrogen and oxygen atoms in total. The van der Waals surface area contributed by atoms with Gasteiger partial charge in [-0.2, -0.15) is 0 Å². The molecule has 0 spiro atoms. The molecule has 1 saturated heterocycles. The van der Waals surface area contributed by atoms with Crippen molar-refractivity contribution in [3.63, 3.8) is 0 Å². The summed E-state index contributed by atoms with van der Waals surface area (Å²) in [5.41, 5.74) is 4.89. The van der Waals surface area contributed by atoms with E-state index >= 15 is 0 Å². The van der Waals surface area contributed by atoms with E-state index in [2.05, 4.69) is 62.3 Å². The predicted octanol–water partition coefficient (Wildman–Crippen LogP) is 5.75. The second-order valence-corrected chi connectivity index (χ2v) is 9.74. The molecule has 0 atom stereocenters. The molecule has 176 valence electrons. The minimum Gasteiger partial charge on any atom is -0.356 e. The van der Waals surface area contributed by atoms with Gasteiger partial charge in [0.25, 0.3) is 5.91 Å². The van der Waals surface area contributed by atoms with Crippen LogP contribution >= 0.6 is 11.6 Å². The van der Waals surface area contributed by atoms with Gasteiger partial charge < -0.3 is 9.80 Å². The summed E-state index contributed by atoms with van der Waals surface area (Å²) in [6.45, 7) is 2.65. The van der Waals surface area contributed by atoms with Crippen molar-refractivity contribution in [3.8, 4) is 11.1 Å². The van der Waals surface area contributed by atoms with Crippen LogP contribution in [-0.2, 0) is 6.54 Å². The molecule has 2 aromatic heterocycles. The fourth-order valence-corrected chi connectivity index (χ4v) is 4.98. The monoisotopic (exact) mass is 483 g/mol. The Hall–Kier alpha value is -3.51. The Morgan fingerprint density at radius 3 is 2.57 bits per heavy atom. The minimum absolute atomic E-state index is 0.000165. The predicted molar refractivity (Wildman–Crippen MR) is 139 cm³/mol. The van der Waals surface area contributed by atoms with Crippen molar-refractivity contribution in [2.24, 2.45) is 0 Å². The number of nitrogens with zero attached hydrogens (tertiary/aromatic N) is 5. The third-order valence-electron chi connectivity index (χ3n) is 6.86. The summed E-state index contributed by atoms with van der Waals surface area (Å²) in [5, 5.41) is 1.48. The Labute approximate surface area is 209 Å². The Morgan fingerprint density at radius 2 is 1.80 bits per heavy atom. The zero-order chi connectivity index (χ0) is 23.8. The standard InChI is InChI=1S/C28H26ClN5O/c29-26-11-7-22(16-30-26)28(35)34(23-8-9-23)17-19-4-3-5-20(14-19)21-6-10-25-24(15-21)27(32-18-31-25)33-12-1-2-13-33/h3-7,10-11,14-16,18,23H,1-2,8-9,12-13,17H2. The normalized spacial score (nSPS) is 15.5. The highest BCUT2D eigenvalue weighted by atomic mass is 35.5. The van der Waals surface area contributed by atoms with E-state index < -0.39 is 0 Å². The molecule has 1 aliphatic carbocycles. The topological polar surface area (TPSA) is 62.2 Å². The summed E-state index contributed by atoms with van der Waals surface area (Å²) >= 11 is 5.91. The van der Waals surface area contributed by atoms with Crippen LogP contribution in [0.5, 0.6) is 0 Å². The second kappa shape index (κ2) is 9.27. The van der Waals surface area contributed by atoms with Gasteiger partial charge in [0.05, 0.1) is 11.1 Å². The van der Waals surface area contributed by atoms with E-state index in [4.69, 9.17) is 11.6 Å². The quantitative estimate of drug-likeness (QED) is 0.327. The molecule has 0 radical (unpaired) electrons. The highest BCUT2D eigenvalue weighted by molar-refractivity contribution is 6.29. The van der Waals surface area contributed by atoms with Crippen LogP contribution in [-0.4, -0.2) is 44.9 Å². The van der Waals surface area contributed by atoms with Crippen molar-refractivity contribution in [2.45, 2.75) is 38.3 Å². The molecule has 2 fully saturated rings. The molecule has 7 heteroatoms. The highest BCUT2D eigenvalue weighted by Crippen LogP contribution is 2.33. The third kappa shape index (κ3) is 4.58. The van der Waals surface area contributed by atoms with E-state index in [0.717, 1.165) is 59.3 Å². The number of halogens is 1. The number of amides is 1. The molecule has 1 saturated carbocycles. The maximum absolute atomic E-state index is 13.2. The lowest BCUT2D eigenvalue weighted by Gasteiger charge is -2.23. The lowest BCUT2D eigenvalue weighted by Crippen LogP contribution is -2.32. The van der Waals surface area contributed by atoms with Crippen LogP contribution in [0.4, 0.5) is 5.82 Å². The van der Waals surface area contributed by atoms with Gasteiger partial charge in [0.15, 0.2) is 0 Å². The van der Waals surface area contributed by atoms with Crippen molar-refractivity contribution in [1.82, 2.24) is 19.9 Å². The Bertz CT molecular complexity index is 1380. The van der Waals surface area contributed by atoms with Crippen LogP contribution in [0, 0.1) is 0 Å². The molecule has 0 unspecified atom stereocenters. The smallest absolute Gasteiger partial charge is 0.255 e. The number of carbonyl (C=O) groups is 1. The molecular weight excluding hydrogens is 458 g/mol. The van der Waals surface area contributed by atoms with Gasteiger partial charge in [-0.25, -0.2) is 15.0 Å². The Balaban J connectivity index is 1.30. The van der Waals surface area contributed by atoms with E-state index in [-0.39, 0.29) is 11.9 Å². The third-order valence-corrected chi connectivity index (χ3v) is 7.08. The van der Waals surface area contributed by atoms with Crippen LogP contribution in [0.1, 0.15) is 41.6 Å². The number of benzene rings is 2. The highest BCUT2D eigenvalue weighted by Gasteiger charge is 2.33. The molecule has 3 heterocycles. The number of pyridine rings is 1. The lowest BCUT2D eigenvalue weighted by atomic mass is 10.0. The van der Waals surface area contributed by atoms with Gasteiger partial charge >= 0.3 is 0 Å². The summed E-state index contributed by atoms with van der Waals surface area (Å²) in [4.78, 5) is 30.7. The van der Waals surface area contributed by atoms with Crippen molar-refractivity contribution >= 4 is 34.2 Å². The molecule has 4 aromatic rings. The Kier molecular flexibility index (Phi) is 5.82. The van der Waals surface area contributed by atoms with Crippen LogP contribution in [0.2, 0.25) is 5.15 Å². The first-order valence-corrected chi connectivity index (χ1v) is 12.5. The van der Waals surface area contributed by atoms with Crippen LogP contribution in [0.15, 0.2) is 67.1 Å². The van der Waals surface area contributed by atoms with E-state index in [1.165, 1.54) is 12.8 Å². The fourth-order valence-electron chi connectivity index (χ4n) is 4.87. The number of hydrogen-bond donors (Lipinski definition) is 0. The van der Waals surface area contributed by atoms with Crippen molar-refractivity contribution in [1.29, 1.82) is 0 Å². The van der Waals surface area contributed by atoms with Crippen LogP contribution in [0.25, 0.3) is 22.0 Å². The largest absolute Gasteiger partial charge is 0.356 e. The van der Waals surface area contributed by atoms with Gasteiger partial charge in [-0.1, -0.05) is 35.9 Å². The molecule has 0 bridgehead atoms. The van der Waals surface area contributed by atoms with E-state index in [1.807, 2.05) is 4.90 Å². The SMILES string of the molecule is O=C(c1ccc(Cl)nc1)N(Cc1cccc(-c2ccc3ncnc(N4CCCC4)c3c2)c1)C1CC1. The lowest BCUT2D eigenvalue weighted by molar-refractivity contribution is 0.0729. The van der Waals surface area contributed by atoms with E-state index in [9.17, 15) is 4.79 Å². The average Bonchev–Trinajstić information content (AvgIpc) is 3.59. The summed E-state index contributed by atoms with van der Waals surface area (Å²) in [7, 11) is 0. The minimum atomic E-state index is 0.000165. The number of fused-ring (bicyclic) bond motifs is 1. The molecule has 1 aliphatic heterocycles. The maximum atomic E-state index is 13.2.